The molecule has 0 fully saturated rings. The van der Waals surface area contributed by atoms with E-state index in [0.717, 1.165) is 11.4 Å². The number of ether oxygens (including phenoxy) is 1. The van der Waals surface area contributed by atoms with Crippen molar-refractivity contribution in [2.45, 2.75) is 6.92 Å². The number of halogens is 2. The van der Waals surface area contributed by atoms with E-state index in [1.807, 2.05) is 31.2 Å². The van der Waals surface area contributed by atoms with Crippen molar-refractivity contribution in [3.05, 3.63) is 70.4 Å². The number of carbonyl (C=O) groups excluding carboxylic acids is 1. The van der Waals surface area contributed by atoms with Gasteiger partial charge in [-0.2, -0.15) is 0 Å². The van der Waals surface area contributed by atoms with Gasteiger partial charge >= 0.3 is 5.91 Å². The number of rotatable bonds is 5. The molecule has 3 N–H and O–H groups in total. The van der Waals surface area contributed by atoms with Gasteiger partial charge in [-0.1, -0.05) is 23.2 Å². The zero-order chi connectivity index (χ0) is 20.8. The maximum absolute atomic E-state index is 12.3. The summed E-state index contributed by atoms with van der Waals surface area (Å²) in [6.45, 7) is 2.51. The van der Waals surface area contributed by atoms with Crippen LogP contribution in [0.4, 0.5) is 5.69 Å². The van der Waals surface area contributed by atoms with E-state index >= 15 is 0 Å². The molecule has 0 unspecified atom stereocenters. The molecular formula is C20H17Cl2N3O3S. The molecule has 0 aliphatic heterocycles. The van der Waals surface area contributed by atoms with Gasteiger partial charge in [-0.05, 0) is 73.7 Å². The molecule has 0 spiro atoms. The number of amides is 1. The van der Waals surface area contributed by atoms with Crippen molar-refractivity contribution in [3.63, 3.8) is 0 Å². The second kappa shape index (κ2) is 9.65. The number of carbonyl (C=O) groups is 1. The largest absolute Gasteiger partial charge is 0.494 e. The Hall–Kier alpha value is -2.74. The first-order valence-electron chi connectivity index (χ1n) is 8.61. The number of hydrogen-bond acceptors (Lipinski definition) is 4. The van der Waals surface area contributed by atoms with Crippen LogP contribution in [0, 0.1) is 0 Å². The third kappa shape index (κ3) is 5.63. The van der Waals surface area contributed by atoms with Crippen LogP contribution in [0.3, 0.4) is 0 Å². The minimum Gasteiger partial charge on any atom is -0.494 e. The molecule has 9 heteroatoms. The predicted molar refractivity (Wildman–Crippen MR) is 119 cm³/mol. The molecule has 0 aliphatic carbocycles. The molecule has 29 heavy (non-hydrogen) atoms. The number of benzene rings is 2. The van der Waals surface area contributed by atoms with Crippen LogP contribution in [0.2, 0.25) is 10.0 Å². The van der Waals surface area contributed by atoms with Crippen molar-refractivity contribution >= 4 is 52.1 Å². The van der Waals surface area contributed by atoms with Crippen LogP contribution < -0.4 is 20.9 Å². The topological polar surface area (TPSA) is 75.5 Å². The van der Waals surface area contributed by atoms with Gasteiger partial charge in [0.2, 0.25) is 0 Å². The minimum atomic E-state index is -0.489. The summed E-state index contributed by atoms with van der Waals surface area (Å²) < 4.78 is 11.0. The van der Waals surface area contributed by atoms with E-state index in [-0.39, 0.29) is 10.9 Å². The maximum atomic E-state index is 12.3. The molecular weight excluding hydrogens is 433 g/mol. The molecule has 2 aromatic carbocycles. The average molecular weight is 450 g/mol. The molecule has 3 aromatic rings. The molecule has 6 nitrogen and oxygen atoms in total. The van der Waals surface area contributed by atoms with Crippen molar-refractivity contribution in [1.82, 2.24) is 10.9 Å². The fourth-order valence-electron chi connectivity index (χ4n) is 2.43. The predicted octanol–water partition coefficient (Wildman–Crippen LogP) is 5.28. The fraction of sp³-hybridized carbons (Fsp3) is 0.100. The first-order valence-corrected chi connectivity index (χ1v) is 9.78. The number of hydrazine groups is 1. The lowest BCUT2D eigenvalue weighted by atomic mass is 10.2. The molecule has 1 heterocycles. The summed E-state index contributed by atoms with van der Waals surface area (Å²) in [5, 5.41) is 4.11. The van der Waals surface area contributed by atoms with Gasteiger partial charge in [-0.25, -0.2) is 0 Å². The molecule has 1 amide bonds. The molecule has 0 atom stereocenters. The summed E-state index contributed by atoms with van der Waals surface area (Å²) in [6, 6.07) is 15.5. The molecule has 150 valence electrons. The quantitative estimate of drug-likeness (QED) is 0.363. The van der Waals surface area contributed by atoms with Crippen LogP contribution in [-0.2, 0) is 0 Å². The lowest BCUT2D eigenvalue weighted by Gasteiger charge is -2.11. The summed E-state index contributed by atoms with van der Waals surface area (Å²) in [4.78, 5) is 12.3. The van der Waals surface area contributed by atoms with Crippen LogP contribution in [0.1, 0.15) is 17.5 Å². The summed E-state index contributed by atoms with van der Waals surface area (Å²) in [5.74, 6) is 0.825. The van der Waals surface area contributed by atoms with Crippen LogP contribution in [-0.4, -0.2) is 17.6 Å². The van der Waals surface area contributed by atoms with Crippen molar-refractivity contribution in [1.29, 1.82) is 0 Å². The number of thiocarbonyl (C=S) groups is 1. The van der Waals surface area contributed by atoms with E-state index in [2.05, 4.69) is 16.2 Å². The van der Waals surface area contributed by atoms with Crippen LogP contribution in [0.25, 0.3) is 11.3 Å². The van der Waals surface area contributed by atoms with Crippen molar-refractivity contribution < 1.29 is 13.9 Å². The third-order valence-electron chi connectivity index (χ3n) is 3.74. The van der Waals surface area contributed by atoms with Crippen LogP contribution in [0.15, 0.2) is 59.0 Å². The highest BCUT2D eigenvalue weighted by Gasteiger charge is 2.14. The standard InChI is InChI=1S/C20H17Cl2N3O3S/c1-2-27-14-6-4-13(5-7-14)23-20(29)25-24-19(26)18-10-9-17(28-18)15-8-3-12(21)11-16(15)22/h3-11H,2H2,1H3,(H,24,26)(H2,23,25,29). The van der Waals surface area contributed by atoms with Crippen molar-refractivity contribution in [2.75, 3.05) is 11.9 Å². The van der Waals surface area contributed by atoms with E-state index in [1.54, 1.807) is 30.3 Å². The first-order chi connectivity index (χ1) is 14.0. The summed E-state index contributed by atoms with van der Waals surface area (Å²) in [5.41, 5.74) is 6.48. The van der Waals surface area contributed by atoms with E-state index in [4.69, 9.17) is 44.6 Å². The number of furan rings is 1. The van der Waals surface area contributed by atoms with E-state index in [1.165, 1.54) is 0 Å². The van der Waals surface area contributed by atoms with Gasteiger partial charge < -0.3 is 14.5 Å². The maximum Gasteiger partial charge on any atom is 0.305 e. The summed E-state index contributed by atoms with van der Waals surface area (Å²) >= 11 is 17.2. The van der Waals surface area contributed by atoms with Crippen molar-refractivity contribution in [2.24, 2.45) is 0 Å². The zero-order valence-corrected chi connectivity index (χ0v) is 17.6. The average Bonchev–Trinajstić information content (AvgIpc) is 3.18. The fourth-order valence-corrected chi connectivity index (χ4v) is 3.10. The molecule has 0 bridgehead atoms. The van der Waals surface area contributed by atoms with Gasteiger partial charge in [0.15, 0.2) is 10.9 Å². The summed E-state index contributed by atoms with van der Waals surface area (Å²) in [7, 11) is 0. The minimum absolute atomic E-state index is 0.0994. The van der Waals surface area contributed by atoms with Crippen LogP contribution >= 0.6 is 35.4 Å². The second-order valence-corrected chi connectivity index (χ2v) is 7.03. The Balaban J connectivity index is 1.55. The monoisotopic (exact) mass is 449 g/mol. The molecule has 3 rings (SSSR count). The zero-order valence-electron chi connectivity index (χ0n) is 15.3. The highest BCUT2D eigenvalue weighted by Crippen LogP contribution is 2.31. The molecule has 0 saturated heterocycles. The van der Waals surface area contributed by atoms with Gasteiger partial charge in [-0.15, -0.1) is 0 Å². The normalized spacial score (nSPS) is 10.3. The molecule has 0 saturated carbocycles. The van der Waals surface area contributed by atoms with Gasteiger partial charge in [0.1, 0.15) is 11.5 Å². The van der Waals surface area contributed by atoms with Gasteiger partial charge in [0.25, 0.3) is 0 Å². The Bertz CT molecular complexity index is 1020. The number of hydrogen-bond donors (Lipinski definition) is 3. The van der Waals surface area contributed by atoms with E-state index < -0.39 is 5.91 Å². The highest BCUT2D eigenvalue weighted by atomic mass is 35.5. The Morgan fingerprint density at radius 1 is 1.07 bits per heavy atom. The highest BCUT2D eigenvalue weighted by molar-refractivity contribution is 7.80. The molecule has 0 aliphatic rings. The lowest BCUT2D eigenvalue weighted by molar-refractivity contribution is 0.0917. The van der Waals surface area contributed by atoms with E-state index in [9.17, 15) is 4.79 Å². The third-order valence-corrected chi connectivity index (χ3v) is 4.49. The first kappa shape index (κ1) is 21.0. The van der Waals surface area contributed by atoms with Gasteiger partial charge in [0.05, 0.1) is 11.6 Å². The van der Waals surface area contributed by atoms with Crippen LogP contribution in [0.5, 0.6) is 5.75 Å². The Morgan fingerprint density at radius 3 is 2.52 bits per heavy atom. The van der Waals surface area contributed by atoms with Crippen molar-refractivity contribution in [3.8, 4) is 17.1 Å². The number of nitrogens with one attached hydrogen (secondary N) is 3. The second-order valence-electron chi connectivity index (χ2n) is 5.78. The molecule has 1 aromatic heterocycles. The van der Waals surface area contributed by atoms with Gasteiger partial charge in [-0.3, -0.25) is 15.6 Å². The SMILES string of the molecule is CCOc1ccc(NC(=S)NNC(=O)c2ccc(-c3ccc(Cl)cc3Cl)o2)cc1. The molecule has 0 radical (unpaired) electrons. The Labute approximate surface area is 183 Å². The van der Waals surface area contributed by atoms with E-state index in [0.29, 0.717) is 28.0 Å². The Kier molecular flexibility index (Phi) is 6.98. The van der Waals surface area contributed by atoms with Gasteiger partial charge in [0, 0.05) is 16.3 Å². The Morgan fingerprint density at radius 2 is 1.83 bits per heavy atom. The number of anilines is 1. The lowest BCUT2D eigenvalue weighted by Crippen LogP contribution is -2.43. The summed E-state index contributed by atoms with van der Waals surface area (Å²) in [6.07, 6.45) is 0. The smallest absolute Gasteiger partial charge is 0.305 e.